The van der Waals surface area contributed by atoms with Gasteiger partial charge in [0, 0.05) is 22.9 Å². The van der Waals surface area contributed by atoms with Crippen molar-refractivity contribution in [2.45, 2.75) is 6.92 Å². The molecule has 38 heavy (non-hydrogen) atoms. The minimum atomic E-state index is -0.187. The van der Waals surface area contributed by atoms with Crippen molar-refractivity contribution in [1.29, 1.82) is 0 Å². The summed E-state index contributed by atoms with van der Waals surface area (Å²) in [5.41, 5.74) is 5.42. The molecule has 3 heterocycles. The Morgan fingerprint density at radius 1 is 0.789 bits per heavy atom. The fourth-order valence-electron chi connectivity index (χ4n) is 4.65. The smallest absolute Gasteiger partial charge is 0.266 e. The zero-order chi connectivity index (χ0) is 25.6. The van der Waals surface area contributed by atoms with Gasteiger partial charge >= 0.3 is 0 Å². The van der Waals surface area contributed by atoms with Gasteiger partial charge in [-0.15, -0.1) is 5.10 Å². The average Bonchev–Trinajstić information content (AvgIpc) is 3.64. The number of nitrogens with zero attached hydrogens (tertiary/aromatic N) is 5. The summed E-state index contributed by atoms with van der Waals surface area (Å²) in [5, 5.41) is 11.8. The molecule has 3 aromatic heterocycles. The van der Waals surface area contributed by atoms with E-state index in [2.05, 4.69) is 40.4 Å². The second-order valence-electron chi connectivity index (χ2n) is 9.19. The van der Waals surface area contributed by atoms with Crippen LogP contribution in [0.5, 0.6) is 0 Å². The molecule has 0 unspecified atom stereocenters. The van der Waals surface area contributed by atoms with E-state index in [0.29, 0.717) is 15.3 Å². The highest BCUT2D eigenvalue weighted by Crippen LogP contribution is 2.28. The molecule has 0 fully saturated rings. The van der Waals surface area contributed by atoms with Gasteiger partial charge in [0.2, 0.25) is 4.96 Å². The number of hydrogen-bond acceptors (Lipinski definition) is 5. The summed E-state index contributed by atoms with van der Waals surface area (Å²) < 4.78 is 3.81. The Kier molecular flexibility index (Phi) is 5.23. The largest absolute Gasteiger partial charge is 0.291 e. The normalized spacial score (nSPS) is 12.1. The van der Waals surface area contributed by atoms with E-state index >= 15 is 0 Å². The molecule has 182 valence electrons. The van der Waals surface area contributed by atoms with Gasteiger partial charge in [0.1, 0.15) is 5.69 Å². The van der Waals surface area contributed by atoms with Crippen molar-refractivity contribution in [3.8, 4) is 28.3 Å². The Morgan fingerprint density at radius 3 is 2.42 bits per heavy atom. The minimum Gasteiger partial charge on any atom is -0.266 e. The van der Waals surface area contributed by atoms with E-state index in [0.717, 1.165) is 39.0 Å². The van der Waals surface area contributed by atoms with Crippen LogP contribution >= 0.6 is 11.3 Å². The number of aryl methyl sites for hydroxylation is 1. The first kappa shape index (κ1) is 22.3. The molecule has 0 atom stereocenters. The lowest BCUT2D eigenvalue weighted by molar-refractivity contribution is 0.884. The Balaban J connectivity index is 1.38. The Morgan fingerprint density at radius 2 is 1.61 bits per heavy atom. The molecule has 4 aromatic carbocycles. The van der Waals surface area contributed by atoms with Crippen molar-refractivity contribution in [3.63, 3.8) is 0 Å². The van der Waals surface area contributed by atoms with E-state index in [1.807, 2.05) is 90.6 Å². The first-order valence-corrected chi connectivity index (χ1v) is 13.1. The van der Waals surface area contributed by atoms with Crippen molar-refractivity contribution >= 4 is 33.1 Å². The SMILES string of the molecule is Cc1cccc(-c2nc3s/c(=C\c4cn(-c5ccccc5)nc4-c4ccc5ccccc5c4)c(=O)n3n2)c1. The topological polar surface area (TPSA) is 65.1 Å². The second kappa shape index (κ2) is 8.90. The van der Waals surface area contributed by atoms with Crippen LogP contribution < -0.4 is 10.1 Å². The zero-order valence-electron chi connectivity index (χ0n) is 20.4. The van der Waals surface area contributed by atoms with Crippen molar-refractivity contribution in [2.75, 3.05) is 0 Å². The van der Waals surface area contributed by atoms with E-state index in [4.69, 9.17) is 5.10 Å². The molecule has 0 bridgehead atoms. The number of thiazole rings is 1. The fourth-order valence-corrected chi connectivity index (χ4v) is 5.55. The number of hydrogen-bond donors (Lipinski definition) is 0. The molecule has 7 aromatic rings. The molecule has 0 aliphatic rings. The van der Waals surface area contributed by atoms with Crippen LogP contribution in [-0.2, 0) is 0 Å². The third-order valence-corrected chi connectivity index (χ3v) is 7.49. The number of fused-ring (bicyclic) bond motifs is 2. The van der Waals surface area contributed by atoms with Gasteiger partial charge in [-0.1, -0.05) is 89.7 Å². The highest BCUT2D eigenvalue weighted by atomic mass is 32.1. The van der Waals surface area contributed by atoms with E-state index in [9.17, 15) is 4.79 Å². The molecule has 0 aliphatic carbocycles. The summed E-state index contributed by atoms with van der Waals surface area (Å²) >= 11 is 1.33. The number of benzene rings is 4. The van der Waals surface area contributed by atoms with Gasteiger partial charge in [0.05, 0.1) is 10.2 Å². The molecule has 6 nitrogen and oxygen atoms in total. The standard InChI is InChI=1S/C31H21N5OS/c1-20-8-7-11-24(16-20)29-32-31-36(34-29)30(37)27(38-31)18-25-19-35(26-12-3-2-4-13-26)33-28(25)23-15-14-21-9-5-6-10-22(21)17-23/h2-19H,1H3/b27-18-. The van der Waals surface area contributed by atoms with Crippen LogP contribution in [-0.4, -0.2) is 24.4 Å². The lowest BCUT2D eigenvalue weighted by Gasteiger charge is -2.03. The van der Waals surface area contributed by atoms with Crippen LogP contribution in [0, 0.1) is 6.92 Å². The van der Waals surface area contributed by atoms with Crippen LogP contribution in [0.2, 0.25) is 0 Å². The molecule has 0 saturated carbocycles. The maximum absolute atomic E-state index is 13.4. The van der Waals surface area contributed by atoms with E-state index in [1.165, 1.54) is 21.2 Å². The minimum absolute atomic E-state index is 0.187. The van der Waals surface area contributed by atoms with E-state index in [-0.39, 0.29) is 5.56 Å². The highest BCUT2D eigenvalue weighted by Gasteiger charge is 2.15. The van der Waals surface area contributed by atoms with Crippen LogP contribution in [0.3, 0.4) is 0 Å². The molecule has 0 N–H and O–H groups in total. The highest BCUT2D eigenvalue weighted by molar-refractivity contribution is 7.15. The molecular formula is C31H21N5OS. The van der Waals surface area contributed by atoms with Crippen LogP contribution in [0.15, 0.2) is 108 Å². The summed E-state index contributed by atoms with van der Waals surface area (Å²) in [6.07, 6.45) is 3.86. The number of aromatic nitrogens is 5. The summed E-state index contributed by atoms with van der Waals surface area (Å²) in [5.74, 6) is 0.553. The zero-order valence-corrected chi connectivity index (χ0v) is 21.3. The van der Waals surface area contributed by atoms with Crippen molar-refractivity contribution < 1.29 is 0 Å². The lowest BCUT2D eigenvalue weighted by atomic mass is 10.0. The molecule has 0 aliphatic heterocycles. The average molecular weight is 512 g/mol. The predicted octanol–water partition coefficient (Wildman–Crippen LogP) is 5.68. The third-order valence-electron chi connectivity index (χ3n) is 6.53. The third kappa shape index (κ3) is 3.90. The van der Waals surface area contributed by atoms with Gasteiger partial charge < -0.3 is 0 Å². The molecular weight excluding hydrogens is 490 g/mol. The number of para-hydroxylation sites is 1. The van der Waals surface area contributed by atoms with Gasteiger partial charge in [0.25, 0.3) is 5.56 Å². The summed E-state index contributed by atoms with van der Waals surface area (Å²) in [4.78, 5) is 18.6. The molecule has 7 rings (SSSR count). The van der Waals surface area contributed by atoms with Crippen LogP contribution in [0.4, 0.5) is 0 Å². The van der Waals surface area contributed by atoms with Gasteiger partial charge in [-0.3, -0.25) is 4.79 Å². The Hall–Kier alpha value is -4.88. The Bertz CT molecular complexity index is 2070. The van der Waals surface area contributed by atoms with Gasteiger partial charge in [-0.2, -0.15) is 14.6 Å². The Labute approximate surface area is 221 Å². The molecule has 0 spiro atoms. The fraction of sp³-hybridized carbons (Fsp3) is 0.0323. The quantitative estimate of drug-likeness (QED) is 0.305. The van der Waals surface area contributed by atoms with Crippen LogP contribution in [0.1, 0.15) is 11.1 Å². The van der Waals surface area contributed by atoms with Crippen molar-refractivity contribution in [2.24, 2.45) is 0 Å². The van der Waals surface area contributed by atoms with E-state index in [1.54, 1.807) is 0 Å². The molecule has 0 saturated heterocycles. The summed E-state index contributed by atoms with van der Waals surface area (Å²) in [7, 11) is 0. The van der Waals surface area contributed by atoms with Gasteiger partial charge in [-0.05, 0) is 48.0 Å². The molecule has 7 heteroatoms. The number of rotatable bonds is 4. The monoisotopic (exact) mass is 511 g/mol. The maximum Gasteiger partial charge on any atom is 0.291 e. The summed E-state index contributed by atoms with van der Waals surface area (Å²) in [6.45, 7) is 2.02. The van der Waals surface area contributed by atoms with Crippen molar-refractivity contribution in [3.05, 3.63) is 129 Å². The maximum atomic E-state index is 13.4. The first-order chi connectivity index (χ1) is 18.6. The van der Waals surface area contributed by atoms with Crippen molar-refractivity contribution in [1.82, 2.24) is 24.4 Å². The summed E-state index contributed by atoms with van der Waals surface area (Å²) in [6, 6.07) is 32.5. The van der Waals surface area contributed by atoms with E-state index < -0.39 is 0 Å². The predicted molar refractivity (Wildman–Crippen MR) is 153 cm³/mol. The first-order valence-electron chi connectivity index (χ1n) is 12.2. The van der Waals surface area contributed by atoms with Crippen LogP contribution in [0.25, 0.3) is 50.1 Å². The van der Waals surface area contributed by atoms with Gasteiger partial charge in [0.15, 0.2) is 5.82 Å². The molecule has 0 radical (unpaired) electrons. The molecule has 0 amide bonds. The second-order valence-corrected chi connectivity index (χ2v) is 10.2. The lowest BCUT2D eigenvalue weighted by Crippen LogP contribution is -2.23. The van der Waals surface area contributed by atoms with Gasteiger partial charge in [-0.25, -0.2) is 4.68 Å².